The van der Waals surface area contributed by atoms with Gasteiger partial charge in [-0.25, -0.2) is 0 Å². The summed E-state index contributed by atoms with van der Waals surface area (Å²) in [6, 6.07) is 79.8. The van der Waals surface area contributed by atoms with Gasteiger partial charge >= 0.3 is 0 Å². The number of benzene rings is 8. The third-order valence-electron chi connectivity index (χ3n) is 15.6. The molecule has 0 bridgehead atoms. The van der Waals surface area contributed by atoms with Crippen molar-refractivity contribution in [3.63, 3.8) is 0 Å². The van der Waals surface area contributed by atoms with E-state index < -0.39 is 0 Å². The van der Waals surface area contributed by atoms with Crippen LogP contribution in [0.15, 0.2) is 241 Å². The maximum atomic E-state index is 6.31. The van der Waals surface area contributed by atoms with Crippen molar-refractivity contribution < 1.29 is 4.42 Å². The minimum Gasteiger partial charge on any atom is -0.456 e. The van der Waals surface area contributed by atoms with Crippen LogP contribution >= 0.6 is 0 Å². The summed E-state index contributed by atoms with van der Waals surface area (Å²) >= 11 is 0. The summed E-state index contributed by atoms with van der Waals surface area (Å²) in [6.45, 7) is 13.5. The van der Waals surface area contributed by atoms with Crippen LogP contribution in [0, 0.1) is 0 Å². The van der Waals surface area contributed by atoms with Gasteiger partial charge in [-0.1, -0.05) is 199 Å². The number of pyridine rings is 3. The molecule has 0 amide bonds. The summed E-state index contributed by atoms with van der Waals surface area (Å²) in [5.74, 6) is 0. The van der Waals surface area contributed by atoms with E-state index >= 15 is 0 Å². The molecule has 79 heavy (non-hydrogen) atoms. The number of nitrogens with zero attached hydrogens (tertiary/aromatic N) is 3. The van der Waals surface area contributed by atoms with E-state index in [0.717, 1.165) is 104 Å². The van der Waals surface area contributed by atoms with Gasteiger partial charge in [0.15, 0.2) is 0 Å². The minimum absolute atomic E-state index is 0.0569. The van der Waals surface area contributed by atoms with Crippen LogP contribution in [0.4, 0.5) is 0 Å². The van der Waals surface area contributed by atoms with Crippen molar-refractivity contribution in [1.29, 1.82) is 0 Å². The second kappa shape index (κ2) is 21.4. The molecule has 0 unspecified atom stereocenters. The lowest BCUT2D eigenvalue weighted by Gasteiger charge is -2.19. The first-order chi connectivity index (χ1) is 38.4. The molecular formula is C75H65N3O. The molecule has 0 atom stereocenters. The predicted octanol–water partition coefficient (Wildman–Crippen LogP) is 19.6. The smallest absolute Gasteiger partial charge is 0.136 e. The van der Waals surface area contributed by atoms with Crippen molar-refractivity contribution in [2.75, 3.05) is 0 Å². The molecule has 0 fully saturated rings. The molecule has 4 heterocycles. The molecule has 0 spiro atoms. The molecule has 0 aliphatic heterocycles. The van der Waals surface area contributed by atoms with Crippen LogP contribution in [0.5, 0.6) is 0 Å². The van der Waals surface area contributed by atoms with Crippen LogP contribution in [0.3, 0.4) is 0 Å². The molecule has 386 valence electrons. The van der Waals surface area contributed by atoms with Gasteiger partial charge in [0.1, 0.15) is 11.2 Å². The number of rotatable bonds is 13. The summed E-state index contributed by atoms with van der Waals surface area (Å²) < 4.78 is 6.31. The van der Waals surface area contributed by atoms with Gasteiger partial charge in [-0.15, -0.1) is 0 Å². The van der Waals surface area contributed by atoms with Gasteiger partial charge in [0.2, 0.25) is 0 Å². The summed E-state index contributed by atoms with van der Waals surface area (Å²) in [5.41, 5.74) is 25.4. The maximum Gasteiger partial charge on any atom is 0.136 e. The highest BCUT2D eigenvalue weighted by Crippen LogP contribution is 2.42. The van der Waals surface area contributed by atoms with Crippen LogP contribution in [-0.4, -0.2) is 15.0 Å². The molecule has 0 N–H and O–H groups in total. The van der Waals surface area contributed by atoms with Crippen LogP contribution in [0.25, 0.3) is 100 Å². The molecule has 4 nitrogen and oxygen atoms in total. The minimum atomic E-state index is 0.0569. The number of fused-ring (bicyclic) bond motifs is 3. The van der Waals surface area contributed by atoms with Crippen molar-refractivity contribution in [1.82, 2.24) is 15.0 Å². The Morgan fingerprint density at radius 3 is 1.39 bits per heavy atom. The Hall–Kier alpha value is -8.99. The zero-order chi connectivity index (χ0) is 54.1. The maximum absolute atomic E-state index is 6.31. The molecule has 12 aromatic rings. The standard InChI is InChI=1S/C75H65N3O/c1-74(2,3)61-38-41-77-70(48-61)56-26-22-50(23-27-56)18-20-52-43-53(21-19-51-24-28-57(29-25-51)71-49-62(39-42-78-71)75(4,5)6)45-60(44-52)63-13-7-8-14-64(63)65-36-35-59(69-16-11-12-40-76-69)46-68(65)55-32-30-54(31-33-55)58-34-37-67-66-15-9-10-17-72(66)79-73(67)47-58/h7-17,22-49H,18-21H2,1-6H3. The molecule has 0 aliphatic rings. The Labute approximate surface area is 465 Å². The average molecular weight is 1020 g/mol. The van der Waals surface area contributed by atoms with E-state index in [1.54, 1.807) is 0 Å². The quantitative estimate of drug-likeness (QED) is 0.115. The van der Waals surface area contributed by atoms with Crippen LogP contribution in [0.2, 0.25) is 0 Å². The molecule has 4 aromatic heterocycles. The van der Waals surface area contributed by atoms with E-state index in [2.05, 4.69) is 242 Å². The largest absolute Gasteiger partial charge is 0.456 e. The first-order valence-electron chi connectivity index (χ1n) is 27.8. The number of hydrogen-bond acceptors (Lipinski definition) is 4. The van der Waals surface area contributed by atoms with Crippen LogP contribution < -0.4 is 0 Å². The van der Waals surface area contributed by atoms with Crippen LogP contribution in [0.1, 0.15) is 74.9 Å². The highest BCUT2D eigenvalue weighted by atomic mass is 16.3. The van der Waals surface area contributed by atoms with Gasteiger partial charge in [-0.3, -0.25) is 15.0 Å². The van der Waals surface area contributed by atoms with Gasteiger partial charge in [-0.2, -0.15) is 0 Å². The third kappa shape index (κ3) is 11.1. The van der Waals surface area contributed by atoms with E-state index in [4.69, 9.17) is 19.4 Å². The van der Waals surface area contributed by atoms with Crippen molar-refractivity contribution in [2.24, 2.45) is 0 Å². The van der Waals surface area contributed by atoms with Crippen molar-refractivity contribution >= 4 is 21.9 Å². The fraction of sp³-hybridized carbons (Fsp3) is 0.160. The lowest BCUT2D eigenvalue weighted by Crippen LogP contribution is -2.11. The molecule has 0 saturated heterocycles. The normalized spacial score (nSPS) is 11.9. The Morgan fingerprint density at radius 2 is 0.785 bits per heavy atom. The molecule has 4 heteroatoms. The van der Waals surface area contributed by atoms with E-state index in [1.165, 1.54) is 55.6 Å². The number of furan rings is 1. The van der Waals surface area contributed by atoms with Crippen molar-refractivity contribution in [2.45, 2.75) is 78.1 Å². The highest BCUT2D eigenvalue weighted by molar-refractivity contribution is 6.06. The van der Waals surface area contributed by atoms with Gasteiger partial charge < -0.3 is 4.42 Å². The Kier molecular flexibility index (Phi) is 13.8. The summed E-state index contributed by atoms with van der Waals surface area (Å²) in [7, 11) is 0. The van der Waals surface area contributed by atoms with E-state index in [-0.39, 0.29) is 10.8 Å². The molecular weight excluding hydrogens is 959 g/mol. The molecule has 0 saturated carbocycles. The monoisotopic (exact) mass is 1020 g/mol. The summed E-state index contributed by atoms with van der Waals surface area (Å²) in [5, 5.41) is 2.27. The van der Waals surface area contributed by atoms with E-state index in [9.17, 15) is 0 Å². The van der Waals surface area contributed by atoms with Crippen molar-refractivity contribution in [3.05, 3.63) is 270 Å². The highest BCUT2D eigenvalue weighted by Gasteiger charge is 2.19. The first kappa shape index (κ1) is 50.8. The first-order valence-corrected chi connectivity index (χ1v) is 27.8. The molecule has 0 aliphatic carbocycles. The summed E-state index contributed by atoms with van der Waals surface area (Å²) in [4.78, 5) is 14.3. The Balaban J connectivity index is 0.888. The van der Waals surface area contributed by atoms with Crippen LogP contribution in [-0.2, 0) is 36.5 Å². The number of para-hydroxylation sites is 1. The lowest BCUT2D eigenvalue weighted by atomic mass is 9.86. The topological polar surface area (TPSA) is 51.8 Å². The third-order valence-corrected chi connectivity index (χ3v) is 15.6. The molecule has 8 aromatic carbocycles. The number of aryl methyl sites for hydroxylation is 4. The van der Waals surface area contributed by atoms with E-state index in [0.29, 0.717) is 0 Å². The Morgan fingerprint density at radius 1 is 0.291 bits per heavy atom. The Bertz CT molecular complexity index is 4000. The van der Waals surface area contributed by atoms with Gasteiger partial charge in [0.25, 0.3) is 0 Å². The second-order valence-corrected chi connectivity index (χ2v) is 23.2. The second-order valence-electron chi connectivity index (χ2n) is 23.2. The zero-order valence-electron chi connectivity index (χ0n) is 46.1. The predicted molar refractivity (Wildman–Crippen MR) is 330 cm³/mol. The van der Waals surface area contributed by atoms with Crippen molar-refractivity contribution in [3.8, 4) is 78.3 Å². The number of hydrogen-bond donors (Lipinski definition) is 0. The van der Waals surface area contributed by atoms with E-state index in [1.807, 2.05) is 36.8 Å². The number of aromatic nitrogens is 3. The fourth-order valence-electron chi connectivity index (χ4n) is 11.0. The fourth-order valence-corrected chi connectivity index (χ4v) is 11.0. The van der Waals surface area contributed by atoms with Gasteiger partial charge in [0, 0.05) is 46.1 Å². The molecule has 0 radical (unpaired) electrons. The summed E-state index contributed by atoms with van der Waals surface area (Å²) in [6.07, 6.45) is 9.42. The SMILES string of the molecule is CC(C)(C)c1ccnc(-c2ccc(CCc3cc(CCc4ccc(-c5cc(C(C)(C)C)ccn5)cc4)cc(-c4ccccc4-c4ccc(-c5ccccn5)cc4-c4ccc(-c5ccc6c(c5)oc5ccccc56)cc4)c3)cc2)c1. The lowest BCUT2D eigenvalue weighted by molar-refractivity contribution is 0.589. The zero-order valence-corrected chi connectivity index (χ0v) is 46.1. The average Bonchev–Trinajstić information content (AvgIpc) is 3.91. The van der Waals surface area contributed by atoms with Gasteiger partial charge in [-0.05, 0) is 175 Å². The van der Waals surface area contributed by atoms with Gasteiger partial charge in [0.05, 0.1) is 17.1 Å². The molecule has 12 rings (SSSR count).